The number of rotatable bonds is 50. The Bertz CT molecular complexity index is 5860. The maximum Gasteiger partial charge on any atom is 1.00 e. The second-order valence-electron chi connectivity index (χ2n) is 41.2. The van der Waals surface area contributed by atoms with Crippen LogP contribution in [-0.2, 0) is 64.6 Å². The van der Waals surface area contributed by atoms with E-state index in [2.05, 4.69) is 293 Å². The fourth-order valence-electron chi connectivity index (χ4n) is 21.3. The van der Waals surface area contributed by atoms with E-state index in [-0.39, 0.29) is 139 Å². The summed E-state index contributed by atoms with van der Waals surface area (Å²) < 4.78 is 36.9. The molecule has 0 saturated carbocycles. The van der Waals surface area contributed by atoms with E-state index in [1.807, 2.05) is 83.8 Å². The van der Waals surface area contributed by atoms with Crippen LogP contribution >= 0.6 is 0 Å². The predicted octanol–water partition coefficient (Wildman–Crippen LogP) is 14.3. The summed E-state index contributed by atoms with van der Waals surface area (Å²) in [6, 6.07) is 76.7. The van der Waals surface area contributed by atoms with Gasteiger partial charge in [0.2, 0.25) is 0 Å². The number of aliphatic hydroxyl groups is 12. The molecule has 12 aromatic rings. The number of aromatic nitrogens is 6. The van der Waals surface area contributed by atoms with Gasteiger partial charge in [0.25, 0.3) is 0 Å². The van der Waals surface area contributed by atoms with Crippen molar-refractivity contribution in [3.05, 3.63) is 382 Å². The Morgan fingerprint density at radius 3 is 0.784 bits per heavy atom. The molecule has 0 spiro atoms. The Labute approximate surface area is 876 Å². The Morgan fingerprint density at radius 1 is 0.284 bits per heavy atom. The van der Waals surface area contributed by atoms with E-state index < -0.39 is 91.7 Å². The fraction of sp³-hybridized carbons (Fsp3) is 0.439. The largest absolute Gasteiger partial charge is 1.00 e. The van der Waals surface area contributed by atoms with Crippen molar-refractivity contribution < 1.29 is 123 Å². The summed E-state index contributed by atoms with van der Waals surface area (Å²) in [4.78, 5) is 35.8. The van der Waals surface area contributed by atoms with Crippen LogP contribution in [0, 0.1) is 0 Å². The first kappa shape index (κ1) is 118. The molecule has 25 heteroatoms. The predicted molar refractivity (Wildman–Crippen MR) is 570 cm³/mol. The number of carbonyl (C=O) groups is 3. The highest BCUT2D eigenvalue weighted by atomic mass is 16.7. The molecular formula is C123H163N6O19+7. The minimum absolute atomic E-state index is 0. The highest BCUT2D eigenvalue weighted by Gasteiger charge is 2.45. The lowest BCUT2D eigenvalue weighted by Gasteiger charge is -2.42. The van der Waals surface area contributed by atoms with E-state index in [1.165, 1.54) is 50.1 Å². The lowest BCUT2D eigenvalue weighted by Crippen LogP contribution is -2.38. The number of methoxy groups -OCH3 is 2. The molecule has 6 aromatic heterocycles. The number of pyridine rings is 6. The standard InChI is InChI=1S/C61H78N3O9.C46H48N3O3.C15H32O7.CH4/c1-40(66)32-51(68)35-53(70)37-56-38-55(36-52(69)33-41(2)67)72-61(73-56)50-14-8-43(9-15-50)34-57(46-22-28-63(5)29-23-46)59(49-24-30-64(6)31-25-49)60(48-12-10-44(39-65)11-13-48)58(47-16-18-54(71-7)19-17-47)42(3)45-20-26-62(4)27-21-45;1-33(37-18-24-47(2)25-19-37)44(39-14-16-42(52-5)17-15-39)46(40-12-10-36(32-51)11-13-40)45(41-22-28-49(4)29-23-41)43(38-20-26-48(3)27-21-38)30-34-6-8-35(31-50)9-7-34;1-9(16)3-11(18)5-13(20)7-15(22)8-14(21)6-12(19)4-10(2)17;/h8-31,39-42,51-53,55-61,66-70H,32-38H2,1-7H3;6-29,31-33,43-46H,30H2,1-5H3;9-22H,3-8H2,1-2H3;1H4/q2*+3;;/p+1. The highest BCUT2D eigenvalue weighted by molar-refractivity contribution is 5.76. The Hall–Kier alpha value is -11.7. The Kier molecular flexibility index (Phi) is 46.7. The number of ether oxygens (including phenoxy) is 4. The molecule has 0 amide bonds. The summed E-state index contributed by atoms with van der Waals surface area (Å²) in [5, 5.41) is 119. The molecule has 792 valence electrons. The van der Waals surface area contributed by atoms with Gasteiger partial charge in [0.15, 0.2) is 80.7 Å². The molecule has 6 aromatic carbocycles. The number of aliphatic hydroxyl groups excluding tert-OH is 12. The third-order valence-corrected chi connectivity index (χ3v) is 28.8. The lowest BCUT2D eigenvalue weighted by atomic mass is 9.61. The normalized spacial score (nSPS) is 18.1. The number of nitrogens with zero attached hydrogens (tertiary/aromatic N) is 6. The second-order valence-corrected chi connectivity index (χ2v) is 41.2. The van der Waals surface area contributed by atoms with Crippen LogP contribution in [0.5, 0.6) is 11.5 Å². The highest BCUT2D eigenvalue weighted by Crippen LogP contribution is 2.58. The molecule has 25 nitrogen and oxygen atoms in total. The molecule has 0 bridgehead atoms. The number of benzene rings is 6. The Balaban J connectivity index is 0.000000281. The maximum absolute atomic E-state index is 12.2. The number of hydrogen-bond acceptors (Lipinski definition) is 19. The third kappa shape index (κ3) is 35.8. The van der Waals surface area contributed by atoms with Gasteiger partial charge in [-0.1, -0.05) is 143 Å². The van der Waals surface area contributed by atoms with Crippen LogP contribution in [0.3, 0.4) is 0 Å². The molecule has 13 rings (SSSR count). The first-order chi connectivity index (χ1) is 70.4. The van der Waals surface area contributed by atoms with Crippen LogP contribution in [0.25, 0.3) is 0 Å². The van der Waals surface area contributed by atoms with Gasteiger partial charge >= 0.3 is 1.43 Å². The van der Waals surface area contributed by atoms with Crippen molar-refractivity contribution >= 4 is 18.9 Å². The minimum Gasteiger partial charge on any atom is -0.497 e. The van der Waals surface area contributed by atoms with Gasteiger partial charge < -0.3 is 80.2 Å². The monoisotopic (exact) mass is 2030 g/mol. The molecule has 1 aliphatic rings. The molecule has 148 heavy (non-hydrogen) atoms. The summed E-state index contributed by atoms with van der Waals surface area (Å²) in [6.07, 6.45) is 20.0. The van der Waals surface area contributed by atoms with Crippen molar-refractivity contribution in [2.45, 2.75) is 290 Å². The van der Waals surface area contributed by atoms with Crippen molar-refractivity contribution in [1.29, 1.82) is 0 Å². The van der Waals surface area contributed by atoms with Gasteiger partial charge in [0.05, 0.1) is 99.7 Å². The molecule has 1 fully saturated rings. The molecule has 12 N–H and O–H groups in total. The van der Waals surface area contributed by atoms with Gasteiger partial charge in [0.1, 0.15) is 72.6 Å². The number of aldehydes is 3. The van der Waals surface area contributed by atoms with Gasteiger partial charge in [-0.3, -0.25) is 14.4 Å². The number of hydrogen-bond donors (Lipinski definition) is 12. The summed E-state index contributed by atoms with van der Waals surface area (Å²) in [6.45, 7) is 11.0. The summed E-state index contributed by atoms with van der Waals surface area (Å²) >= 11 is 0. The van der Waals surface area contributed by atoms with Gasteiger partial charge in [-0.25, -0.2) is 27.4 Å². The topological polar surface area (TPSA) is 354 Å². The SMILES string of the molecule is C.CC(O)CC(O)CC(O)CC(O)CC(O)CC(O)CC(C)O.COc1ccc(C(C(C)c2cc[n+](C)cc2)C(c2ccc(C=O)cc2)C(c2cc[n+](C)cc2)C(Cc2ccc(C3OC(CC(O)CC(C)O)CC(CC(O)CC(O)CC(C)O)O3)cc2)c2cc[n+](C)cc2)cc1.COc1ccc(C(C(C)c2cc[n+](C)cc2)C(c2ccc(C=O)cc2)C(c2cc[n+](C)cc2)C(Cc2ccc(C=O)cc2)c2cc[n+](C)cc2)cc1.[H+]. The molecule has 0 aliphatic carbocycles. The smallest absolute Gasteiger partial charge is 0.497 e. The van der Waals surface area contributed by atoms with Crippen LogP contribution in [0.1, 0.15) is 296 Å². The van der Waals surface area contributed by atoms with Crippen molar-refractivity contribution in [3.63, 3.8) is 0 Å². The summed E-state index contributed by atoms with van der Waals surface area (Å²) in [5.74, 6) is 1.34. The molecule has 7 heterocycles. The zero-order chi connectivity index (χ0) is 106. The van der Waals surface area contributed by atoms with Gasteiger partial charge in [0, 0.05) is 101 Å². The van der Waals surface area contributed by atoms with Gasteiger partial charge in [-0.05, 0) is 261 Å². The molecule has 1 saturated heterocycles. The van der Waals surface area contributed by atoms with Gasteiger partial charge in [-0.15, -0.1) is 0 Å². The second kappa shape index (κ2) is 58.4. The van der Waals surface area contributed by atoms with E-state index in [4.69, 9.17) is 29.2 Å². The summed E-state index contributed by atoms with van der Waals surface area (Å²) in [5.41, 5.74) is 17.0. The average molecular weight is 2030 g/mol. The van der Waals surface area contributed by atoms with E-state index >= 15 is 0 Å². The van der Waals surface area contributed by atoms with Crippen LogP contribution in [0.4, 0.5) is 0 Å². The van der Waals surface area contributed by atoms with Crippen LogP contribution in [0.15, 0.2) is 293 Å². The van der Waals surface area contributed by atoms with Crippen LogP contribution < -0.4 is 36.9 Å². The third-order valence-electron chi connectivity index (χ3n) is 28.8. The minimum atomic E-state index is -0.956. The Morgan fingerprint density at radius 2 is 0.507 bits per heavy atom. The van der Waals surface area contributed by atoms with Crippen LogP contribution in [0.2, 0.25) is 0 Å². The van der Waals surface area contributed by atoms with E-state index in [9.17, 15) is 65.4 Å². The summed E-state index contributed by atoms with van der Waals surface area (Å²) in [7, 11) is 15.6. The van der Waals surface area contributed by atoms with E-state index in [0.29, 0.717) is 29.5 Å². The van der Waals surface area contributed by atoms with Gasteiger partial charge in [-0.2, -0.15) is 0 Å². The zero-order valence-electron chi connectivity index (χ0n) is 88.7. The fourth-order valence-corrected chi connectivity index (χ4v) is 21.3. The van der Waals surface area contributed by atoms with Crippen molar-refractivity contribution in [2.24, 2.45) is 42.3 Å². The quantitative estimate of drug-likeness (QED) is 0.0124. The average Bonchev–Trinajstić information content (AvgIpc) is 0.758. The molecule has 0 radical (unpaired) electrons. The lowest BCUT2D eigenvalue weighted by molar-refractivity contribution is -0.671. The number of carbonyl (C=O) groups excluding carboxylic acids is 3. The van der Waals surface area contributed by atoms with E-state index in [1.54, 1.807) is 41.9 Å². The number of aryl methyl sites for hydroxylation is 6. The first-order valence-corrected chi connectivity index (χ1v) is 51.6. The molecule has 24 atom stereocenters. The first-order valence-electron chi connectivity index (χ1n) is 51.6. The maximum atomic E-state index is 12.2. The van der Waals surface area contributed by atoms with Crippen molar-refractivity contribution in [2.75, 3.05) is 14.2 Å². The zero-order valence-corrected chi connectivity index (χ0v) is 87.7. The van der Waals surface area contributed by atoms with Crippen molar-refractivity contribution in [3.8, 4) is 11.5 Å². The van der Waals surface area contributed by atoms with Crippen LogP contribution in [-0.4, -0.2) is 180 Å². The molecule has 1 aliphatic heterocycles. The molecular weight excluding hydrogens is 1870 g/mol. The molecule has 24 unspecified atom stereocenters. The van der Waals surface area contributed by atoms with E-state index in [0.717, 1.165) is 59.0 Å². The van der Waals surface area contributed by atoms with Crippen molar-refractivity contribution in [1.82, 2.24) is 0 Å².